The quantitative estimate of drug-likeness (QED) is 0.525. The normalized spacial score (nSPS) is 18.5. The van der Waals surface area contributed by atoms with Gasteiger partial charge in [0.25, 0.3) is 0 Å². The SMILES string of the molecule is NC(C(=O)N1CCCC1)C1CCCCC1.NSc1ccc(NSCC(F)(F)F)cc1. The first-order valence-electron chi connectivity index (χ1n) is 10.3. The van der Waals surface area contributed by atoms with Gasteiger partial charge in [-0.25, -0.2) is 0 Å². The van der Waals surface area contributed by atoms with Crippen LogP contribution >= 0.6 is 23.9 Å². The van der Waals surface area contributed by atoms with Crippen molar-refractivity contribution >= 4 is 35.5 Å². The van der Waals surface area contributed by atoms with Crippen LogP contribution in [0.2, 0.25) is 0 Å². The van der Waals surface area contributed by atoms with Crippen LogP contribution in [0.25, 0.3) is 0 Å². The predicted octanol–water partition coefficient (Wildman–Crippen LogP) is 4.79. The lowest BCUT2D eigenvalue weighted by molar-refractivity contribution is -0.133. The van der Waals surface area contributed by atoms with Crippen molar-refractivity contribution in [2.45, 2.75) is 62.1 Å². The molecule has 1 saturated carbocycles. The number of nitrogens with one attached hydrogen (secondary N) is 1. The molecule has 1 aromatic carbocycles. The number of hydrogen-bond acceptors (Lipinski definition) is 6. The highest BCUT2D eigenvalue weighted by Gasteiger charge is 2.30. The summed E-state index contributed by atoms with van der Waals surface area (Å²) in [5.41, 5.74) is 6.71. The zero-order chi connectivity index (χ0) is 22.0. The summed E-state index contributed by atoms with van der Waals surface area (Å²) in [4.78, 5) is 14.9. The molecule has 10 heteroatoms. The first-order valence-corrected chi connectivity index (χ1v) is 12.1. The largest absolute Gasteiger partial charge is 0.399 e. The smallest absolute Gasteiger partial charge is 0.341 e. The minimum atomic E-state index is -4.15. The number of benzene rings is 1. The van der Waals surface area contributed by atoms with Gasteiger partial charge in [0.05, 0.1) is 6.04 Å². The number of hydrogen-bond donors (Lipinski definition) is 3. The second-order valence-electron chi connectivity index (χ2n) is 7.60. The molecule has 1 unspecified atom stereocenters. The van der Waals surface area contributed by atoms with Gasteiger partial charge in [0.2, 0.25) is 5.91 Å². The Kier molecular flexibility index (Phi) is 10.6. The molecule has 1 amide bonds. The fourth-order valence-corrected chi connectivity index (χ4v) is 4.48. The standard InChI is InChI=1S/C12H22N2O.C8H9F3N2S2/c13-11(10-6-2-1-3-7-10)12(15)14-8-4-5-9-14;9-8(10,11)5-14-13-6-1-3-7(15-12)4-2-6/h10-11H,1-9,13H2;1-4,13H,5,12H2. The average Bonchev–Trinajstić information content (AvgIpc) is 3.28. The van der Waals surface area contributed by atoms with Crippen LogP contribution in [0.15, 0.2) is 29.2 Å². The molecule has 0 aromatic heterocycles. The molecule has 5 N–H and O–H groups in total. The third-order valence-corrected chi connectivity index (χ3v) is 6.67. The maximum atomic E-state index is 12.0. The predicted molar refractivity (Wildman–Crippen MR) is 119 cm³/mol. The van der Waals surface area contributed by atoms with Crippen LogP contribution in [0.1, 0.15) is 44.9 Å². The van der Waals surface area contributed by atoms with Crippen molar-refractivity contribution < 1.29 is 18.0 Å². The van der Waals surface area contributed by atoms with Crippen molar-refractivity contribution in [1.82, 2.24) is 4.90 Å². The van der Waals surface area contributed by atoms with Gasteiger partial charge in [0, 0.05) is 23.7 Å². The zero-order valence-electron chi connectivity index (χ0n) is 17.0. The Labute approximate surface area is 185 Å². The highest BCUT2D eigenvalue weighted by atomic mass is 32.2. The van der Waals surface area contributed by atoms with Crippen molar-refractivity contribution in [3.05, 3.63) is 24.3 Å². The second kappa shape index (κ2) is 12.7. The lowest BCUT2D eigenvalue weighted by Crippen LogP contribution is -2.47. The van der Waals surface area contributed by atoms with Gasteiger partial charge in [0.15, 0.2) is 0 Å². The molecule has 1 aliphatic heterocycles. The molecule has 1 atom stereocenters. The summed E-state index contributed by atoms with van der Waals surface area (Å²) in [5, 5.41) is 5.30. The van der Waals surface area contributed by atoms with Gasteiger partial charge in [-0.05, 0) is 79.8 Å². The Morgan fingerprint density at radius 2 is 1.70 bits per heavy atom. The topological polar surface area (TPSA) is 84.4 Å². The Bertz CT molecular complexity index is 634. The van der Waals surface area contributed by atoms with Gasteiger partial charge < -0.3 is 15.4 Å². The van der Waals surface area contributed by atoms with Gasteiger partial charge in [-0.3, -0.25) is 9.93 Å². The lowest BCUT2D eigenvalue weighted by Gasteiger charge is -2.29. The number of alkyl halides is 3. The maximum Gasteiger partial charge on any atom is 0.399 e. The first kappa shape index (κ1) is 25.2. The van der Waals surface area contributed by atoms with Crippen LogP contribution in [0.4, 0.5) is 18.9 Å². The summed E-state index contributed by atoms with van der Waals surface area (Å²) in [6.45, 7) is 1.86. The van der Waals surface area contributed by atoms with Crippen LogP contribution in [0.3, 0.4) is 0 Å². The van der Waals surface area contributed by atoms with E-state index in [0.717, 1.165) is 55.6 Å². The van der Waals surface area contributed by atoms with Gasteiger partial charge in [-0.1, -0.05) is 19.3 Å². The molecule has 5 nitrogen and oxygen atoms in total. The van der Waals surface area contributed by atoms with E-state index in [1.807, 2.05) is 4.90 Å². The van der Waals surface area contributed by atoms with E-state index in [1.54, 1.807) is 24.3 Å². The van der Waals surface area contributed by atoms with Gasteiger partial charge in [-0.2, -0.15) is 13.2 Å². The van der Waals surface area contributed by atoms with Gasteiger partial charge in [-0.15, -0.1) is 0 Å². The lowest BCUT2D eigenvalue weighted by atomic mass is 9.84. The molecule has 1 aliphatic carbocycles. The molecule has 2 fully saturated rings. The van der Waals surface area contributed by atoms with E-state index in [0.29, 0.717) is 23.6 Å². The van der Waals surface area contributed by atoms with Crippen LogP contribution in [-0.4, -0.2) is 41.9 Å². The fourth-order valence-electron chi connectivity index (χ4n) is 3.65. The van der Waals surface area contributed by atoms with Crippen molar-refractivity contribution in [3.63, 3.8) is 0 Å². The summed E-state index contributed by atoms with van der Waals surface area (Å²) >= 11 is 1.70. The Morgan fingerprint density at radius 1 is 1.10 bits per heavy atom. The van der Waals surface area contributed by atoms with E-state index < -0.39 is 11.9 Å². The monoisotopic (exact) mass is 464 g/mol. The maximum absolute atomic E-state index is 12.0. The molecule has 170 valence electrons. The van der Waals surface area contributed by atoms with E-state index in [2.05, 4.69) is 4.72 Å². The van der Waals surface area contributed by atoms with Crippen LogP contribution in [-0.2, 0) is 4.79 Å². The Hall–Kier alpha value is -1.10. The molecule has 2 aliphatic rings. The number of nitrogens with zero attached hydrogens (tertiary/aromatic N) is 1. The summed E-state index contributed by atoms with van der Waals surface area (Å²) in [6, 6.07) is 6.61. The van der Waals surface area contributed by atoms with Crippen LogP contribution in [0.5, 0.6) is 0 Å². The number of likely N-dealkylation sites (tertiary alicyclic amines) is 1. The van der Waals surface area contributed by atoms with Crippen molar-refractivity contribution in [3.8, 4) is 0 Å². The number of amides is 1. The van der Waals surface area contributed by atoms with E-state index in [9.17, 15) is 18.0 Å². The number of carbonyl (C=O) groups excluding carboxylic acids is 1. The summed E-state index contributed by atoms with van der Waals surface area (Å²) in [7, 11) is 0. The molecule has 1 saturated heterocycles. The average molecular weight is 465 g/mol. The molecule has 1 aromatic rings. The third-order valence-electron chi connectivity index (χ3n) is 5.28. The number of halogens is 3. The van der Waals surface area contributed by atoms with Crippen LogP contribution < -0.4 is 15.6 Å². The van der Waals surface area contributed by atoms with E-state index in [4.69, 9.17) is 10.9 Å². The Morgan fingerprint density at radius 3 is 2.23 bits per heavy atom. The van der Waals surface area contributed by atoms with E-state index >= 15 is 0 Å². The first-order chi connectivity index (χ1) is 14.3. The number of anilines is 1. The van der Waals surface area contributed by atoms with E-state index in [-0.39, 0.29) is 11.9 Å². The van der Waals surface area contributed by atoms with Crippen molar-refractivity contribution in [1.29, 1.82) is 0 Å². The van der Waals surface area contributed by atoms with E-state index in [1.165, 1.54) is 19.3 Å². The van der Waals surface area contributed by atoms with Crippen LogP contribution in [0, 0.1) is 5.92 Å². The van der Waals surface area contributed by atoms with Gasteiger partial charge >= 0.3 is 6.18 Å². The third kappa shape index (κ3) is 8.95. The molecular formula is C20H31F3N4OS2. The molecular weight excluding hydrogens is 433 g/mol. The Balaban J connectivity index is 0.000000214. The van der Waals surface area contributed by atoms with Crippen molar-refractivity contribution in [2.75, 3.05) is 23.6 Å². The minimum absolute atomic E-state index is 0.208. The summed E-state index contributed by atoms with van der Waals surface area (Å²) in [6.07, 6.45) is 4.30. The molecule has 1 heterocycles. The summed E-state index contributed by atoms with van der Waals surface area (Å²) in [5.74, 6) is -0.258. The molecule has 0 radical (unpaired) electrons. The minimum Gasteiger partial charge on any atom is -0.341 e. The zero-order valence-corrected chi connectivity index (χ0v) is 18.6. The molecule has 0 bridgehead atoms. The number of nitrogens with two attached hydrogens (primary N) is 2. The highest BCUT2D eigenvalue weighted by Crippen LogP contribution is 2.27. The molecule has 30 heavy (non-hydrogen) atoms. The fraction of sp³-hybridized carbons (Fsp3) is 0.650. The second-order valence-corrected chi connectivity index (χ2v) is 9.09. The molecule has 3 rings (SSSR count). The van der Waals surface area contributed by atoms with Crippen molar-refractivity contribution in [2.24, 2.45) is 16.8 Å². The number of carbonyl (C=O) groups is 1. The number of rotatable bonds is 6. The van der Waals surface area contributed by atoms with Gasteiger partial charge in [0.1, 0.15) is 5.75 Å². The molecule has 0 spiro atoms. The summed E-state index contributed by atoms with van der Waals surface area (Å²) < 4.78 is 38.0. The highest BCUT2D eigenvalue weighted by molar-refractivity contribution is 8.00.